The van der Waals surface area contributed by atoms with Gasteiger partial charge in [-0.15, -0.1) is 0 Å². The average Bonchev–Trinajstić information content (AvgIpc) is 2.94. The standard InChI is InChI=1S/C32H32N2O3/c1-23(2)20-21-33-28-19-18-27(29(35)24-12-6-3-7-13-24)30-32(28,36)37-22-31(34-30,25-14-8-4-9-15-25)26-16-10-5-11-17-26/h3-19,23,33,36H,20-22H2,1-2H3. The maximum absolute atomic E-state index is 13.7. The number of fused-ring (bicyclic) bond motifs is 1. The van der Waals surface area contributed by atoms with Crippen LogP contribution in [0.25, 0.3) is 0 Å². The maximum Gasteiger partial charge on any atom is 0.252 e. The molecule has 2 N–H and O–H groups in total. The van der Waals surface area contributed by atoms with Gasteiger partial charge in [0.15, 0.2) is 5.78 Å². The number of allylic oxidation sites excluding steroid dienone is 2. The van der Waals surface area contributed by atoms with E-state index in [0.29, 0.717) is 29.3 Å². The lowest BCUT2D eigenvalue weighted by Crippen LogP contribution is -2.57. The summed E-state index contributed by atoms with van der Waals surface area (Å²) in [4.78, 5) is 19.0. The van der Waals surface area contributed by atoms with Gasteiger partial charge >= 0.3 is 0 Å². The molecule has 0 aromatic heterocycles. The van der Waals surface area contributed by atoms with E-state index >= 15 is 0 Å². The van der Waals surface area contributed by atoms with Crippen LogP contribution in [0.1, 0.15) is 41.8 Å². The summed E-state index contributed by atoms with van der Waals surface area (Å²) < 4.78 is 6.38. The van der Waals surface area contributed by atoms with Crippen LogP contribution in [0.15, 0.2) is 119 Å². The Morgan fingerprint density at radius 1 is 0.919 bits per heavy atom. The first-order valence-corrected chi connectivity index (χ1v) is 12.8. The Kier molecular flexibility index (Phi) is 6.92. The summed E-state index contributed by atoms with van der Waals surface area (Å²) in [5.41, 5.74) is 2.47. The highest BCUT2D eigenvalue weighted by Gasteiger charge is 2.52. The molecule has 0 amide bonds. The summed E-state index contributed by atoms with van der Waals surface area (Å²) >= 11 is 0. The second-order valence-electron chi connectivity index (χ2n) is 9.95. The number of ether oxygens (including phenoxy) is 1. The minimum atomic E-state index is -1.86. The fraction of sp³-hybridized carbons (Fsp3) is 0.250. The molecule has 1 aliphatic carbocycles. The first-order valence-electron chi connectivity index (χ1n) is 12.8. The lowest BCUT2D eigenvalue weighted by atomic mass is 9.80. The predicted molar refractivity (Wildman–Crippen MR) is 146 cm³/mol. The van der Waals surface area contributed by atoms with Crippen molar-refractivity contribution in [2.24, 2.45) is 10.9 Å². The first kappa shape index (κ1) is 24.9. The molecule has 0 saturated heterocycles. The molecule has 188 valence electrons. The van der Waals surface area contributed by atoms with Crippen LogP contribution in [-0.4, -0.2) is 35.5 Å². The number of benzene rings is 3. The van der Waals surface area contributed by atoms with Crippen molar-refractivity contribution in [3.63, 3.8) is 0 Å². The van der Waals surface area contributed by atoms with Crippen molar-refractivity contribution in [1.82, 2.24) is 5.32 Å². The summed E-state index contributed by atoms with van der Waals surface area (Å²) in [7, 11) is 0. The van der Waals surface area contributed by atoms with Gasteiger partial charge in [0.2, 0.25) is 0 Å². The molecule has 0 saturated carbocycles. The molecule has 0 fully saturated rings. The van der Waals surface area contributed by atoms with Crippen LogP contribution >= 0.6 is 0 Å². The SMILES string of the molecule is CC(C)CCNC1=CC=C(C(=O)c2ccccc2)C2=NC(c3ccccc3)(c3ccccc3)COC12O. The summed E-state index contributed by atoms with van der Waals surface area (Å²) in [5.74, 6) is -1.57. The maximum atomic E-state index is 13.7. The highest BCUT2D eigenvalue weighted by Crippen LogP contribution is 2.43. The molecular weight excluding hydrogens is 460 g/mol. The van der Waals surface area contributed by atoms with Gasteiger partial charge in [-0.05, 0) is 35.6 Å². The molecule has 1 unspecified atom stereocenters. The van der Waals surface area contributed by atoms with Gasteiger partial charge in [-0.2, -0.15) is 0 Å². The van der Waals surface area contributed by atoms with E-state index in [-0.39, 0.29) is 18.1 Å². The highest BCUT2D eigenvalue weighted by atomic mass is 16.6. The zero-order chi connectivity index (χ0) is 25.9. The van der Waals surface area contributed by atoms with E-state index in [1.165, 1.54) is 0 Å². The Labute approximate surface area is 218 Å². The molecule has 0 spiro atoms. The third-order valence-electron chi connectivity index (χ3n) is 6.97. The molecule has 5 heteroatoms. The van der Waals surface area contributed by atoms with E-state index < -0.39 is 11.3 Å². The number of rotatable bonds is 8. The number of hydrogen-bond donors (Lipinski definition) is 2. The summed E-state index contributed by atoms with van der Waals surface area (Å²) in [6.07, 6.45) is 4.42. The fourth-order valence-corrected chi connectivity index (χ4v) is 4.88. The fourth-order valence-electron chi connectivity index (χ4n) is 4.88. The van der Waals surface area contributed by atoms with Crippen molar-refractivity contribution in [3.05, 3.63) is 131 Å². The van der Waals surface area contributed by atoms with Crippen LogP contribution in [0.5, 0.6) is 0 Å². The van der Waals surface area contributed by atoms with Crippen LogP contribution in [0, 0.1) is 5.92 Å². The lowest BCUT2D eigenvalue weighted by Gasteiger charge is -2.44. The van der Waals surface area contributed by atoms with Crippen LogP contribution in [0.2, 0.25) is 0 Å². The van der Waals surface area contributed by atoms with Crippen molar-refractivity contribution < 1.29 is 14.6 Å². The molecule has 3 aromatic carbocycles. The number of carbonyl (C=O) groups is 1. The molecule has 1 atom stereocenters. The second-order valence-corrected chi connectivity index (χ2v) is 9.95. The van der Waals surface area contributed by atoms with E-state index in [9.17, 15) is 9.90 Å². The summed E-state index contributed by atoms with van der Waals surface area (Å²) in [6.45, 7) is 5.08. The van der Waals surface area contributed by atoms with E-state index in [4.69, 9.17) is 9.73 Å². The van der Waals surface area contributed by atoms with Gasteiger partial charge in [-0.25, -0.2) is 0 Å². The van der Waals surface area contributed by atoms with Crippen LogP contribution in [-0.2, 0) is 10.3 Å². The van der Waals surface area contributed by atoms with Gasteiger partial charge in [0, 0.05) is 17.7 Å². The monoisotopic (exact) mass is 492 g/mol. The Balaban J connectivity index is 1.68. The van der Waals surface area contributed by atoms with E-state index in [0.717, 1.165) is 17.5 Å². The van der Waals surface area contributed by atoms with Crippen molar-refractivity contribution in [1.29, 1.82) is 0 Å². The molecule has 1 heterocycles. The summed E-state index contributed by atoms with van der Waals surface area (Å²) in [6, 6.07) is 28.9. The van der Waals surface area contributed by atoms with Gasteiger partial charge in [-0.1, -0.05) is 105 Å². The molecule has 5 nitrogen and oxygen atoms in total. The molecule has 0 bridgehead atoms. The molecule has 0 radical (unpaired) electrons. The molecule has 2 aliphatic rings. The number of nitrogens with zero attached hydrogens (tertiary/aromatic N) is 1. The zero-order valence-electron chi connectivity index (χ0n) is 21.2. The van der Waals surface area contributed by atoms with Gasteiger partial charge in [0.1, 0.15) is 11.3 Å². The summed E-state index contributed by atoms with van der Waals surface area (Å²) in [5, 5.41) is 15.4. The minimum Gasteiger partial charge on any atom is -0.384 e. The van der Waals surface area contributed by atoms with Crippen LogP contribution in [0.4, 0.5) is 0 Å². The number of Topliss-reactive ketones (excluding diaryl/α,β-unsaturated/α-hetero) is 1. The molecule has 5 rings (SSSR count). The number of ketones is 1. The van der Waals surface area contributed by atoms with Gasteiger partial charge in [0.25, 0.3) is 5.79 Å². The minimum absolute atomic E-state index is 0.108. The molecule has 1 aliphatic heterocycles. The van der Waals surface area contributed by atoms with Gasteiger partial charge in [-0.3, -0.25) is 9.79 Å². The smallest absolute Gasteiger partial charge is 0.252 e. The Hall–Kier alpha value is -3.80. The average molecular weight is 493 g/mol. The Morgan fingerprint density at radius 2 is 1.49 bits per heavy atom. The zero-order valence-corrected chi connectivity index (χ0v) is 21.2. The van der Waals surface area contributed by atoms with Gasteiger partial charge < -0.3 is 15.2 Å². The third-order valence-corrected chi connectivity index (χ3v) is 6.97. The number of hydrogen-bond acceptors (Lipinski definition) is 5. The topological polar surface area (TPSA) is 70.9 Å². The molecule has 3 aromatic rings. The Morgan fingerprint density at radius 3 is 2.05 bits per heavy atom. The van der Waals surface area contributed by atoms with Crippen molar-refractivity contribution in [3.8, 4) is 0 Å². The number of nitrogens with one attached hydrogen (secondary N) is 1. The lowest BCUT2D eigenvalue weighted by molar-refractivity contribution is -0.145. The second kappa shape index (κ2) is 10.3. The van der Waals surface area contributed by atoms with E-state index in [2.05, 4.69) is 19.2 Å². The molecule has 37 heavy (non-hydrogen) atoms. The van der Waals surface area contributed by atoms with E-state index in [1.807, 2.05) is 78.9 Å². The van der Waals surface area contributed by atoms with Gasteiger partial charge in [0.05, 0.1) is 12.3 Å². The predicted octanol–water partition coefficient (Wildman–Crippen LogP) is 5.43. The Bertz CT molecular complexity index is 1310. The normalized spacial score (nSPS) is 20.4. The number of carbonyl (C=O) groups excluding carboxylic acids is 1. The van der Waals surface area contributed by atoms with Crippen molar-refractivity contribution in [2.45, 2.75) is 31.6 Å². The number of aliphatic imine (C=N–C) groups is 1. The van der Waals surface area contributed by atoms with Crippen molar-refractivity contribution >= 4 is 11.5 Å². The third kappa shape index (κ3) is 4.68. The largest absolute Gasteiger partial charge is 0.384 e. The highest BCUT2D eigenvalue weighted by molar-refractivity contribution is 6.31. The number of aliphatic hydroxyl groups is 1. The quantitative estimate of drug-likeness (QED) is 0.411. The molecular formula is C32H32N2O3. The van der Waals surface area contributed by atoms with E-state index in [1.54, 1.807) is 24.3 Å². The van der Waals surface area contributed by atoms with Crippen LogP contribution in [0.3, 0.4) is 0 Å². The van der Waals surface area contributed by atoms with Crippen LogP contribution < -0.4 is 5.32 Å². The first-order chi connectivity index (χ1) is 17.9. The van der Waals surface area contributed by atoms with Crippen molar-refractivity contribution in [2.75, 3.05) is 13.2 Å².